The van der Waals surface area contributed by atoms with Crippen LogP contribution in [0, 0.1) is 0 Å². The van der Waals surface area contributed by atoms with Crippen LogP contribution in [0.2, 0.25) is 5.02 Å². The van der Waals surface area contributed by atoms with Gasteiger partial charge in [-0.1, -0.05) is 35.9 Å². The second-order valence-electron chi connectivity index (χ2n) is 6.69. The second-order valence-corrected chi connectivity index (χ2v) is 7.10. The fourth-order valence-electron chi connectivity index (χ4n) is 2.76. The highest BCUT2D eigenvalue weighted by Crippen LogP contribution is 2.19. The minimum Gasteiger partial charge on any atom is -0.434 e. The summed E-state index contributed by atoms with van der Waals surface area (Å²) in [5, 5.41) is 6.05. The van der Waals surface area contributed by atoms with E-state index in [1.165, 1.54) is 30.3 Å². The van der Waals surface area contributed by atoms with Gasteiger partial charge in [-0.15, -0.1) is 0 Å². The van der Waals surface area contributed by atoms with Crippen LogP contribution < -0.4 is 15.4 Å². The maximum atomic E-state index is 12.5. The molecular formula is C25H21ClN2O5. The molecule has 0 spiro atoms. The number of carbonyl (C=O) groups excluding carboxylic acids is 3. The Morgan fingerprint density at radius 1 is 0.909 bits per heavy atom. The summed E-state index contributed by atoms with van der Waals surface area (Å²) in [7, 11) is 0. The third-order valence-corrected chi connectivity index (χ3v) is 4.63. The third-order valence-electron chi connectivity index (χ3n) is 4.29. The summed E-state index contributed by atoms with van der Waals surface area (Å²) >= 11 is 6.08. The number of anilines is 2. The van der Waals surface area contributed by atoms with Crippen molar-refractivity contribution in [3.63, 3.8) is 0 Å². The molecule has 0 aromatic heterocycles. The molecule has 3 aromatic carbocycles. The molecule has 33 heavy (non-hydrogen) atoms. The zero-order valence-corrected chi connectivity index (χ0v) is 18.5. The summed E-state index contributed by atoms with van der Waals surface area (Å²) in [5.41, 5.74) is 2.11. The zero-order chi connectivity index (χ0) is 23.6. The standard InChI is InChI=1S/C25H21ClN2O5/c1-2-32-25(31)33-21-13-10-18(11-14-21)24(30)28-20-8-5-7-19(16-20)27-23(29)15-12-17-6-3-4-9-22(17)26/h3-16H,2H2,1H3,(H,27,29)(H,28,30)/b15-12+. The quantitative estimate of drug-likeness (QED) is 0.262. The van der Waals surface area contributed by atoms with Crippen molar-refractivity contribution in [2.45, 2.75) is 6.92 Å². The van der Waals surface area contributed by atoms with E-state index < -0.39 is 6.16 Å². The van der Waals surface area contributed by atoms with Crippen molar-refractivity contribution < 1.29 is 23.9 Å². The molecule has 3 rings (SSSR count). The van der Waals surface area contributed by atoms with E-state index in [0.717, 1.165) is 5.56 Å². The molecule has 168 valence electrons. The molecule has 0 heterocycles. The predicted octanol–water partition coefficient (Wildman–Crippen LogP) is 5.78. The molecule has 0 atom stereocenters. The van der Waals surface area contributed by atoms with E-state index in [1.54, 1.807) is 49.4 Å². The van der Waals surface area contributed by atoms with Crippen LogP contribution in [0.15, 0.2) is 78.9 Å². The van der Waals surface area contributed by atoms with Gasteiger partial charge in [0.2, 0.25) is 5.91 Å². The van der Waals surface area contributed by atoms with Crippen molar-refractivity contribution in [3.05, 3.63) is 95.0 Å². The molecule has 3 aromatic rings. The lowest BCUT2D eigenvalue weighted by molar-refractivity contribution is -0.111. The molecule has 0 unspecified atom stereocenters. The molecule has 8 heteroatoms. The highest BCUT2D eigenvalue weighted by atomic mass is 35.5. The highest BCUT2D eigenvalue weighted by Gasteiger charge is 2.09. The fraction of sp³-hybridized carbons (Fsp3) is 0.0800. The summed E-state index contributed by atoms with van der Waals surface area (Å²) in [6.07, 6.45) is 2.20. The molecule has 0 radical (unpaired) electrons. The molecule has 2 N–H and O–H groups in total. The van der Waals surface area contributed by atoms with Crippen LogP contribution in [-0.2, 0) is 9.53 Å². The number of rotatable bonds is 7. The SMILES string of the molecule is CCOC(=O)Oc1ccc(C(=O)Nc2cccc(NC(=O)/C=C/c3ccccc3Cl)c2)cc1. The summed E-state index contributed by atoms with van der Waals surface area (Å²) in [6.45, 7) is 1.88. The lowest BCUT2D eigenvalue weighted by Gasteiger charge is -2.09. The monoisotopic (exact) mass is 464 g/mol. The van der Waals surface area contributed by atoms with E-state index in [-0.39, 0.29) is 24.2 Å². The number of nitrogens with one attached hydrogen (secondary N) is 2. The van der Waals surface area contributed by atoms with Crippen molar-refractivity contribution in [2.24, 2.45) is 0 Å². The van der Waals surface area contributed by atoms with Gasteiger partial charge in [0.15, 0.2) is 0 Å². The van der Waals surface area contributed by atoms with Crippen LogP contribution in [0.3, 0.4) is 0 Å². The first-order chi connectivity index (χ1) is 15.9. The lowest BCUT2D eigenvalue weighted by Crippen LogP contribution is -2.13. The van der Waals surface area contributed by atoms with Gasteiger partial charge in [0, 0.05) is 28.0 Å². The smallest absolute Gasteiger partial charge is 0.434 e. The second kappa shape index (κ2) is 11.5. The molecule has 0 aliphatic rings. The molecule has 0 aliphatic heterocycles. The number of halogens is 1. The minimum atomic E-state index is -0.810. The molecule has 0 saturated carbocycles. The Bertz CT molecular complexity index is 1180. The van der Waals surface area contributed by atoms with E-state index in [4.69, 9.17) is 21.1 Å². The van der Waals surface area contributed by atoms with Gasteiger partial charge in [0.25, 0.3) is 5.91 Å². The lowest BCUT2D eigenvalue weighted by atomic mass is 10.2. The Morgan fingerprint density at radius 3 is 2.30 bits per heavy atom. The van der Waals surface area contributed by atoms with Crippen LogP contribution in [0.25, 0.3) is 6.08 Å². The molecule has 0 bridgehead atoms. The number of carbonyl (C=O) groups is 3. The Morgan fingerprint density at radius 2 is 1.61 bits per heavy atom. The Labute approximate surface area is 196 Å². The van der Waals surface area contributed by atoms with Gasteiger partial charge in [0.05, 0.1) is 6.61 Å². The van der Waals surface area contributed by atoms with Gasteiger partial charge >= 0.3 is 6.16 Å². The van der Waals surface area contributed by atoms with Gasteiger partial charge in [-0.05, 0) is 67.1 Å². The molecule has 2 amide bonds. The van der Waals surface area contributed by atoms with E-state index in [9.17, 15) is 14.4 Å². The highest BCUT2D eigenvalue weighted by molar-refractivity contribution is 6.32. The topological polar surface area (TPSA) is 93.7 Å². The summed E-state index contributed by atoms with van der Waals surface area (Å²) in [4.78, 5) is 36.1. The van der Waals surface area contributed by atoms with E-state index in [1.807, 2.05) is 12.1 Å². The van der Waals surface area contributed by atoms with Gasteiger partial charge in [0.1, 0.15) is 5.75 Å². The number of hydrogen-bond donors (Lipinski definition) is 2. The average Bonchev–Trinajstić information content (AvgIpc) is 2.79. The first kappa shape index (κ1) is 23.6. The number of amides is 2. The molecule has 0 fully saturated rings. The van der Waals surface area contributed by atoms with Gasteiger partial charge in [-0.2, -0.15) is 0 Å². The van der Waals surface area contributed by atoms with E-state index in [0.29, 0.717) is 22.0 Å². The summed E-state index contributed by atoms with van der Waals surface area (Å²) < 4.78 is 9.67. The van der Waals surface area contributed by atoms with Gasteiger partial charge in [-0.3, -0.25) is 9.59 Å². The van der Waals surface area contributed by atoms with Crippen molar-refractivity contribution in [1.82, 2.24) is 0 Å². The number of benzene rings is 3. The average molecular weight is 465 g/mol. The van der Waals surface area contributed by atoms with Crippen molar-refractivity contribution in [3.8, 4) is 5.75 Å². The third kappa shape index (κ3) is 7.22. The normalized spacial score (nSPS) is 10.5. The molecule has 7 nitrogen and oxygen atoms in total. The fourth-order valence-corrected chi connectivity index (χ4v) is 2.95. The van der Waals surface area contributed by atoms with Crippen LogP contribution in [-0.4, -0.2) is 24.6 Å². The number of hydrogen-bond acceptors (Lipinski definition) is 5. The maximum absolute atomic E-state index is 12.5. The predicted molar refractivity (Wildman–Crippen MR) is 128 cm³/mol. The summed E-state index contributed by atoms with van der Waals surface area (Å²) in [5.74, 6) is -0.435. The maximum Gasteiger partial charge on any atom is 0.513 e. The van der Waals surface area contributed by atoms with Crippen molar-refractivity contribution in [1.29, 1.82) is 0 Å². The molecular weight excluding hydrogens is 444 g/mol. The van der Waals surface area contributed by atoms with Crippen LogP contribution in [0.1, 0.15) is 22.8 Å². The Balaban J connectivity index is 1.59. The number of ether oxygens (including phenoxy) is 2. The summed E-state index contributed by atoms with van der Waals surface area (Å²) in [6, 6.07) is 20.0. The van der Waals surface area contributed by atoms with Crippen molar-refractivity contribution >= 4 is 47.0 Å². The van der Waals surface area contributed by atoms with Crippen LogP contribution >= 0.6 is 11.6 Å². The van der Waals surface area contributed by atoms with Crippen molar-refractivity contribution in [2.75, 3.05) is 17.2 Å². The van der Waals surface area contributed by atoms with Crippen LogP contribution in [0.5, 0.6) is 5.75 Å². The first-order valence-electron chi connectivity index (χ1n) is 10.0. The minimum absolute atomic E-state index is 0.205. The molecule has 0 saturated heterocycles. The van der Waals surface area contributed by atoms with Crippen LogP contribution in [0.4, 0.5) is 16.2 Å². The molecule has 0 aliphatic carbocycles. The van der Waals surface area contributed by atoms with E-state index >= 15 is 0 Å². The van der Waals surface area contributed by atoms with Gasteiger partial charge in [-0.25, -0.2) is 4.79 Å². The van der Waals surface area contributed by atoms with E-state index in [2.05, 4.69) is 10.6 Å². The van der Waals surface area contributed by atoms with Gasteiger partial charge < -0.3 is 20.1 Å². The Kier molecular flexibility index (Phi) is 8.21. The zero-order valence-electron chi connectivity index (χ0n) is 17.7. The Hall–Kier alpha value is -4.10. The largest absolute Gasteiger partial charge is 0.513 e. The first-order valence-corrected chi connectivity index (χ1v) is 10.4.